The number of sulfonamides is 1. The lowest BCUT2D eigenvalue weighted by molar-refractivity contribution is 0.459. The van der Waals surface area contributed by atoms with E-state index in [0.29, 0.717) is 11.3 Å². The molecule has 0 spiro atoms. The molecule has 7 heteroatoms. The third-order valence-corrected chi connectivity index (χ3v) is 5.42. The minimum atomic E-state index is -4.09. The number of anilines is 1. The number of rotatable bonds is 4. The van der Waals surface area contributed by atoms with Crippen molar-refractivity contribution in [2.24, 2.45) is 0 Å². The molecule has 0 fully saturated rings. The number of phenols is 1. The molecule has 3 aromatic carbocycles. The summed E-state index contributed by atoms with van der Waals surface area (Å²) in [6.07, 6.45) is 0. The number of phenolic OH excluding ortho intramolecular Hbond substituents is 1. The smallest absolute Gasteiger partial charge is 0.265 e. The third kappa shape index (κ3) is 3.74. The van der Waals surface area contributed by atoms with E-state index in [0.717, 1.165) is 11.6 Å². The molecule has 0 unspecified atom stereocenters. The maximum Gasteiger partial charge on any atom is 0.265 e. The average Bonchev–Trinajstić information content (AvgIpc) is 2.59. The fraction of sp³-hybridized carbons (Fsp3) is 0. The predicted molar refractivity (Wildman–Crippen MR) is 101 cm³/mol. The summed E-state index contributed by atoms with van der Waals surface area (Å²) in [5.41, 5.74) is 1.94. The van der Waals surface area contributed by atoms with Crippen molar-refractivity contribution in [2.75, 3.05) is 4.72 Å². The second-order valence-corrected chi connectivity index (χ2v) is 7.75. The normalized spacial score (nSPS) is 11.3. The van der Waals surface area contributed by atoms with Crippen molar-refractivity contribution in [1.82, 2.24) is 0 Å². The number of hydrogen-bond donors (Lipinski definition) is 2. The first kappa shape index (κ1) is 17.6. The Morgan fingerprint density at radius 3 is 2.24 bits per heavy atom. The van der Waals surface area contributed by atoms with Crippen LogP contribution < -0.4 is 4.72 Å². The van der Waals surface area contributed by atoms with Crippen molar-refractivity contribution < 1.29 is 13.5 Å². The Labute approximate surface area is 155 Å². The van der Waals surface area contributed by atoms with Gasteiger partial charge in [-0.15, -0.1) is 0 Å². The molecule has 2 N–H and O–H groups in total. The van der Waals surface area contributed by atoms with E-state index in [1.54, 1.807) is 18.2 Å². The summed E-state index contributed by atoms with van der Waals surface area (Å²) in [5.74, 6) is -0.546. The zero-order valence-corrected chi connectivity index (χ0v) is 15.1. The van der Waals surface area contributed by atoms with Crippen molar-refractivity contribution in [3.8, 4) is 16.9 Å². The largest absolute Gasteiger partial charge is 0.505 e. The van der Waals surface area contributed by atoms with Crippen LogP contribution in [0.4, 0.5) is 5.69 Å². The van der Waals surface area contributed by atoms with Gasteiger partial charge < -0.3 is 5.11 Å². The molecule has 0 radical (unpaired) electrons. The molecule has 0 bridgehead atoms. The van der Waals surface area contributed by atoms with E-state index in [4.69, 9.17) is 23.2 Å². The second-order valence-electron chi connectivity index (χ2n) is 5.25. The van der Waals surface area contributed by atoms with Crippen LogP contribution in [0.1, 0.15) is 0 Å². The molecule has 0 saturated carbocycles. The average molecular weight is 394 g/mol. The lowest BCUT2D eigenvalue weighted by Gasteiger charge is -2.14. The van der Waals surface area contributed by atoms with Gasteiger partial charge in [0.25, 0.3) is 10.0 Å². The zero-order valence-electron chi connectivity index (χ0n) is 12.8. The van der Waals surface area contributed by atoms with E-state index in [9.17, 15) is 13.5 Å². The van der Waals surface area contributed by atoms with E-state index in [2.05, 4.69) is 4.72 Å². The fourth-order valence-electron chi connectivity index (χ4n) is 2.39. The van der Waals surface area contributed by atoms with Gasteiger partial charge in [0.15, 0.2) is 5.75 Å². The highest BCUT2D eigenvalue weighted by atomic mass is 35.5. The Kier molecular flexibility index (Phi) is 4.90. The van der Waals surface area contributed by atoms with Gasteiger partial charge in [-0.1, -0.05) is 71.7 Å². The highest BCUT2D eigenvalue weighted by molar-refractivity contribution is 7.92. The topological polar surface area (TPSA) is 66.4 Å². The molecular formula is C18H13Cl2NO3S. The number of nitrogens with one attached hydrogen (secondary N) is 1. The molecule has 3 aromatic rings. The standard InChI is InChI=1S/C18H13Cl2NO3S/c19-13-10-15(20)18(22)17(11-13)25(23,24)21-16-9-5-4-8-14(16)12-6-2-1-3-7-12/h1-11,21-22H. The van der Waals surface area contributed by atoms with Crippen LogP contribution >= 0.6 is 23.2 Å². The Morgan fingerprint density at radius 2 is 1.52 bits per heavy atom. The minimum Gasteiger partial charge on any atom is -0.505 e. The molecule has 0 aromatic heterocycles. The summed E-state index contributed by atoms with van der Waals surface area (Å²) in [4.78, 5) is -0.382. The first-order valence-corrected chi connectivity index (χ1v) is 9.47. The summed E-state index contributed by atoms with van der Waals surface area (Å²) in [6.45, 7) is 0. The monoisotopic (exact) mass is 393 g/mol. The van der Waals surface area contributed by atoms with Crippen LogP contribution in [-0.4, -0.2) is 13.5 Å². The zero-order chi connectivity index (χ0) is 18.0. The number of aromatic hydroxyl groups is 1. The number of halogens is 2. The van der Waals surface area contributed by atoms with Gasteiger partial charge in [-0.05, 0) is 23.8 Å². The van der Waals surface area contributed by atoms with E-state index < -0.39 is 15.8 Å². The molecule has 3 rings (SSSR count). The lowest BCUT2D eigenvalue weighted by Crippen LogP contribution is -2.14. The van der Waals surface area contributed by atoms with Crippen molar-refractivity contribution in [1.29, 1.82) is 0 Å². The molecule has 0 heterocycles. The summed E-state index contributed by atoms with van der Waals surface area (Å²) in [6, 6.07) is 18.8. The minimum absolute atomic E-state index is 0.111. The van der Waals surface area contributed by atoms with Gasteiger partial charge in [0.05, 0.1) is 10.7 Å². The highest BCUT2D eigenvalue weighted by Gasteiger charge is 2.23. The number of para-hydroxylation sites is 1. The molecule has 0 atom stereocenters. The third-order valence-electron chi connectivity index (χ3n) is 3.54. The first-order chi connectivity index (χ1) is 11.9. The van der Waals surface area contributed by atoms with E-state index in [1.165, 1.54) is 6.07 Å². The first-order valence-electron chi connectivity index (χ1n) is 7.24. The van der Waals surface area contributed by atoms with Crippen LogP contribution in [-0.2, 0) is 10.0 Å². The predicted octanol–water partition coefficient (Wildman–Crippen LogP) is 5.17. The molecule has 0 saturated heterocycles. The van der Waals surface area contributed by atoms with Crippen LogP contribution in [0.25, 0.3) is 11.1 Å². The van der Waals surface area contributed by atoms with Gasteiger partial charge in [0, 0.05) is 10.6 Å². The highest BCUT2D eigenvalue weighted by Crippen LogP contribution is 2.36. The molecule has 0 aliphatic heterocycles. The SMILES string of the molecule is O=S(=O)(Nc1ccccc1-c1ccccc1)c1cc(Cl)cc(Cl)c1O. The van der Waals surface area contributed by atoms with Crippen LogP contribution in [0.3, 0.4) is 0 Å². The summed E-state index contributed by atoms with van der Waals surface area (Å²) >= 11 is 11.7. The molecule has 0 aliphatic carbocycles. The van der Waals surface area contributed by atoms with Crippen LogP contribution in [0.5, 0.6) is 5.75 Å². The summed E-state index contributed by atoms with van der Waals surface area (Å²) in [5, 5.41) is 9.99. The maximum absolute atomic E-state index is 12.7. The molecule has 128 valence electrons. The van der Waals surface area contributed by atoms with Crippen molar-refractivity contribution >= 4 is 38.9 Å². The van der Waals surface area contributed by atoms with E-state index in [-0.39, 0.29) is 14.9 Å². The second kappa shape index (κ2) is 6.96. The number of hydrogen-bond acceptors (Lipinski definition) is 3. The Balaban J connectivity index is 2.07. The Hall–Kier alpha value is -2.21. The van der Waals surface area contributed by atoms with E-state index in [1.807, 2.05) is 36.4 Å². The van der Waals surface area contributed by atoms with E-state index >= 15 is 0 Å². The number of benzene rings is 3. The lowest BCUT2D eigenvalue weighted by atomic mass is 10.0. The molecular weight excluding hydrogens is 381 g/mol. The van der Waals surface area contributed by atoms with Crippen molar-refractivity contribution in [2.45, 2.75) is 4.90 Å². The van der Waals surface area contributed by atoms with Crippen LogP contribution in [0.15, 0.2) is 71.6 Å². The summed E-state index contributed by atoms with van der Waals surface area (Å²) < 4.78 is 27.9. The van der Waals surface area contributed by atoms with Gasteiger partial charge in [0.1, 0.15) is 4.90 Å². The Bertz CT molecular complexity index is 1020. The van der Waals surface area contributed by atoms with Gasteiger partial charge in [-0.2, -0.15) is 0 Å². The molecule has 4 nitrogen and oxygen atoms in total. The van der Waals surface area contributed by atoms with Crippen molar-refractivity contribution in [3.63, 3.8) is 0 Å². The maximum atomic E-state index is 12.7. The van der Waals surface area contributed by atoms with Gasteiger partial charge in [0.2, 0.25) is 0 Å². The van der Waals surface area contributed by atoms with Gasteiger partial charge in [-0.3, -0.25) is 4.72 Å². The van der Waals surface area contributed by atoms with Crippen LogP contribution in [0, 0.1) is 0 Å². The molecule has 0 amide bonds. The summed E-state index contributed by atoms with van der Waals surface area (Å²) in [7, 11) is -4.09. The Morgan fingerprint density at radius 1 is 0.880 bits per heavy atom. The molecule has 0 aliphatic rings. The van der Waals surface area contributed by atoms with Gasteiger partial charge >= 0.3 is 0 Å². The quantitative estimate of drug-likeness (QED) is 0.642. The van der Waals surface area contributed by atoms with Crippen LogP contribution in [0.2, 0.25) is 10.0 Å². The fourth-order valence-corrected chi connectivity index (χ4v) is 4.23. The van der Waals surface area contributed by atoms with Crippen molar-refractivity contribution in [3.05, 3.63) is 76.8 Å². The van der Waals surface area contributed by atoms with Gasteiger partial charge in [-0.25, -0.2) is 8.42 Å². The molecule has 25 heavy (non-hydrogen) atoms.